The number of esters is 1. The molecule has 0 saturated heterocycles. The van der Waals surface area contributed by atoms with Crippen molar-refractivity contribution in [3.8, 4) is 11.5 Å². The molecule has 3 aromatic rings. The maximum atomic E-state index is 12.8. The fraction of sp³-hybridized carbons (Fsp3) is 0.158. The lowest BCUT2D eigenvalue weighted by atomic mass is 10.2. The highest BCUT2D eigenvalue weighted by Gasteiger charge is 2.15. The molecule has 0 N–H and O–H groups in total. The van der Waals surface area contributed by atoms with E-state index in [1.165, 1.54) is 6.92 Å². The third-order valence-corrected chi connectivity index (χ3v) is 3.76. The van der Waals surface area contributed by atoms with Crippen LogP contribution in [0.2, 0.25) is 0 Å². The molecule has 122 valence electrons. The molecule has 0 unspecified atom stereocenters. The molecule has 0 atom stereocenters. The number of carbonyl (C=O) groups excluding carboxylic acids is 2. The Bertz CT molecular complexity index is 922. The summed E-state index contributed by atoms with van der Waals surface area (Å²) in [6, 6.07) is 14.1. The predicted molar refractivity (Wildman–Crippen MR) is 90.7 cm³/mol. The van der Waals surface area contributed by atoms with Gasteiger partial charge in [-0.15, -0.1) is 0 Å². The third kappa shape index (κ3) is 2.88. The fourth-order valence-electron chi connectivity index (χ4n) is 2.69. The third-order valence-electron chi connectivity index (χ3n) is 3.76. The number of rotatable bonds is 3. The molecule has 0 spiro atoms. The molecule has 0 saturated carbocycles. The number of carbonyl (C=O) groups is 2. The van der Waals surface area contributed by atoms with E-state index in [1.54, 1.807) is 54.1 Å². The molecule has 1 aromatic heterocycles. The minimum Gasteiger partial charge on any atom is -0.497 e. The quantitative estimate of drug-likeness (QED) is 0.546. The van der Waals surface area contributed by atoms with Gasteiger partial charge in [-0.1, -0.05) is 0 Å². The van der Waals surface area contributed by atoms with Gasteiger partial charge in [0.15, 0.2) is 0 Å². The summed E-state index contributed by atoms with van der Waals surface area (Å²) in [5.74, 6) is 0.668. The number of hydrogen-bond acceptors (Lipinski definition) is 4. The number of aromatic nitrogens is 1. The van der Waals surface area contributed by atoms with Crippen LogP contribution in [0, 0.1) is 6.92 Å². The minimum absolute atomic E-state index is 0.120. The standard InChI is InChI=1S/C19H17NO4/c1-12-10-15-11-17(24-13(2)21)8-9-18(15)20(12)19(22)14-4-6-16(23-3)7-5-14/h4-11H,1-3H3. The summed E-state index contributed by atoms with van der Waals surface area (Å²) in [4.78, 5) is 23.9. The number of benzene rings is 2. The Balaban J connectivity index is 2.03. The summed E-state index contributed by atoms with van der Waals surface area (Å²) < 4.78 is 11.9. The van der Waals surface area contributed by atoms with E-state index >= 15 is 0 Å². The van der Waals surface area contributed by atoms with Crippen LogP contribution < -0.4 is 9.47 Å². The SMILES string of the molecule is COc1ccc(C(=O)n2c(C)cc3cc(OC(C)=O)ccc32)cc1. The van der Waals surface area contributed by atoms with Gasteiger partial charge in [0.05, 0.1) is 12.6 Å². The predicted octanol–water partition coefficient (Wildman–Crippen LogP) is 3.57. The monoisotopic (exact) mass is 323 g/mol. The Morgan fingerprint density at radius 1 is 0.958 bits per heavy atom. The Labute approximate surface area is 139 Å². The van der Waals surface area contributed by atoms with Crippen molar-refractivity contribution >= 4 is 22.8 Å². The highest BCUT2D eigenvalue weighted by atomic mass is 16.5. The van der Waals surface area contributed by atoms with Gasteiger partial charge in [-0.05, 0) is 55.5 Å². The first-order valence-electron chi connectivity index (χ1n) is 7.49. The summed E-state index contributed by atoms with van der Waals surface area (Å²) in [5, 5.41) is 0.841. The first kappa shape index (κ1) is 15.8. The van der Waals surface area contributed by atoms with Crippen LogP contribution in [0.5, 0.6) is 11.5 Å². The van der Waals surface area contributed by atoms with Gasteiger partial charge >= 0.3 is 5.97 Å². The van der Waals surface area contributed by atoms with E-state index in [0.29, 0.717) is 17.1 Å². The average molecular weight is 323 g/mol. The maximum Gasteiger partial charge on any atom is 0.308 e. The Hall–Kier alpha value is -3.08. The van der Waals surface area contributed by atoms with Gasteiger partial charge in [-0.25, -0.2) is 0 Å². The van der Waals surface area contributed by atoms with Gasteiger partial charge in [0.1, 0.15) is 11.5 Å². The van der Waals surface area contributed by atoms with Crippen molar-refractivity contribution < 1.29 is 19.1 Å². The zero-order chi connectivity index (χ0) is 17.3. The molecule has 1 heterocycles. The molecular formula is C19H17NO4. The number of aryl methyl sites for hydroxylation is 1. The molecule has 0 aliphatic carbocycles. The van der Waals surface area contributed by atoms with E-state index in [-0.39, 0.29) is 11.9 Å². The van der Waals surface area contributed by atoms with Crippen LogP contribution >= 0.6 is 0 Å². The number of nitrogens with zero attached hydrogens (tertiary/aromatic N) is 1. The molecule has 5 nitrogen and oxygen atoms in total. The Morgan fingerprint density at radius 2 is 1.62 bits per heavy atom. The molecular weight excluding hydrogens is 306 g/mol. The van der Waals surface area contributed by atoms with Crippen molar-refractivity contribution in [3.05, 3.63) is 59.8 Å². The second kappa shape index (κ2) is 6.20. The van der Waals surface area contributed by atoms with Gasteiger partial charge in [0, 0.05) is 23.6 Å². The van der Waals surface area contributed by atoms with Crippen LogP contribution in [0.3, 0.4) is 0 Å². The van der Waals surface area contributed by atoms with Crippen molar-refractivity contribution in [2.45, 2.75) is 13.8 Å². The maximum absolute atomic E-state index is 12.8. The molecule has 0 radical (unpaired) electrons. The second-order valence-corrected chi connectivity index (χ2v) is 5.47. The van der Waals surface area contributed by atoms with Gasteiger partial charge in [-0.3, -0.25) is 14.2 Å². The lowest BCUT2D eigenvalue weighted by molar-refractivity contribution is -0.131. The topological polar surface area (TPSA) is 57.5 Å². The lowest BCUT2D eigenvalue weighted by Gasteiger charge is -2.08. The van der Waals surface area contributed by atoms with Crippen molar-refractivity contribution in [1.82, 2.24) is 4.57 Å². The fourth-order valence-corrected chi connectivity index (χ4v) is 2.69. The largest absolute Gasteiger partial charge is 0.497 e. The van der Waals surface area contributed by atoms with Crippen LogP contribution in [0.25, 0.3) is 10.9 Å². The van der Waals surface area contributed by atoms with Crippen molar-refractivity contribution in [2.24, 2.45) is 0 Å². The van der Waals surface area contributed by atoms with E-state index in [9.17, 15) is 9.59 Å². The minimum atomic E-state index is -0.375. The average Bonchev–Trinajstić information content (AvgIpc) is 2.88. The summed E-state index contributed by atoms with van der Waals surface area (Å²) in [5.41, 5.74) is 2.15. The normalized spacial score (nSPS) is 10.6. The molecule has 0 aliphatic rings. The molecule has 0 amide bonds. The van der Waals surface area contributed by atoms with Crippen LogP contribution in [0.4, 0.5) is 0 Å². The van der Waals surface area contributed by atoms with Crippen LogP contribution in [0.1, 0.15) is 23.0 Å². The van der Waals surface area contributed by atoms with Gasteiger partial charge in [0.2, 0.25) is 0 Å². The molecule has 3 rings (SSSR count). The van der Waals surface area contributed by atoms with E-state index < -0.39 is 0 Å². The van der Waals surface area contributed by atoms with E-state index in [1.807, 2.05) is 13.0 Å². The molecule has 2 aromatic carbocycles. The van der Waals surface area contributed by atoms with Gasteiger partial charge in [-0.2, -0.15) is 0 Å². The summed E-state index contributed by atoms with van der Waals surface area (Å²) in [7, 11) is 1.58. The highest BCUT2D eigenvalue weighted by Crippen LogP contribution is 2.26. The molecule has 0 fully saturated rings. The van der Waals surface area contributed by atoms with Crippen molar-refractivity contribution in [1.29, 1.82) is 0 Å². The zero-order valence-corrected chi connectivity index (χ0v) is 13.7. The highest BCUT2D eigenvalue weighted by molar-refractivity contribution is 6.03. The zero-order valence-electron chi connectivity index (χ0n) is 13.7. The van der Waals surface area contributed by atoms with E-state index in [4.69, 9.17) is 9.47 Å². The summed E-state index contributed by atoms with van der Waals surface area (Å²) in [6.45, 7) is 3.22. The smallest absolute Gasteiger partial charge is 0.308 e. The van der Waals surface area contributed by atoms with Crippen LogP contribution in [-0.2, 0) is 4.79 Å². The number of fused-ring (bicyclic) bond motifs is 1. The van der Waals surface area contributed by atoms with Gasteiger partial charge in [0.25, 0.3) is 5.91 Å². The van der Waals surface area contributed by atoms with E-state index in [0.717, 1.165) is 16.6 Å². The van der Waals surface area contributed by atoms with Gasteiger partial charge < -0.3 is 9.47 Å². The number of methoxy groups -OCH3 is 1. The molecule has 5 heteroatoms. The summed E-state index contributed by atoms with van der Waals surface area (Å²) >= 11 is 0. The van der Waals surface area contributed by atoms with Crippen LogP contribution in [-0.4, -0.2) is 23.6 Å². The number of hydrogen-bond donors (Lipinski definition) is 0. The first-order chi connectivity index (χ1) is 11.5. The Morgan fingerprint density at radius 3 is 2.25 bits per heavy atom. The van der Waals surface area contributed by atoms with Crippen LogP contribution in [0.15, 0.2) is 48.5 Å². The number of ether oxygens (including phenoxy) is 2. The molecule has 0 aliphatic heterocycles. The van der Waals surface area contributed by atoms with Crippen molar-refractivity contribution in [3.63, 3.8) is 0 Å². The Kier molecular flexibility index (Phi) is 4.08. The van der Waals surface area contributed by atoms with E-state index in [2.05, 4.69) is 0 Å². The van der Waals surface area contributed by atoms with Crippen molar-refractivity contribution in [2.75, 3.05) is 7.11 Å². The first-order valence-corrected chi connectivity index (χ1v) is 7.49. The second-order valence-electron chi connectivity index (χ2n) is 5.47. The summed E-state index contributed by atoms with van der Waals surface area (Å²) in [6.07, 6.45) is 0. The lowest BCUT2D eigenvalue weighted by Crippen LogP contribution is -2.13. The molecule has 0 bridgehead atoms. The molecule has 24 heavy (non-hydrogen) atoms.